The molecule has 21 heavy (non-hydrogen) atoms. The molecule has 0 aliphatic carbocycles. The lowest BCUT2D eigenvalue weighted by Crippen LogP contribution is -2.46. The first kappa shape index (κ1) is 20.9. The van der Waals surface area contributed by atoms with Gasteiger partial charge in [0.1, 0.15) is 0 Å². The van der Waals surface area contributed by atoms with Crippen LogP contribution in [0.25, 0.3) is 0 Å². The molecule has 1 N–H and O–H groups in total. The van der Waals surface area contributed by atoms with Crippen LogP contribution in [0.4, 0.5) is 0 Å². The average Bonchev–Trinajstić information content (AvgIpc) is 2.44. The van der Waals surface area contributed by atoms with Crippen molar-refractivity contribution in [2.75, 3.05) is 60.0 Å². The molecule has 1 unspecified atom stereocenters. The molecule has 1 atom stereocenters. The summed E-state index contributed by atoms with van der Waals surface area (Å²) < 4.78 is 5.09. The Morgan fingerprint density at radius 3 is 2.81 bits per heavy atom. The van der Waals surface area contributed by atoms with Crippen molar-refractivity contribution in [3.8, 4) is 0 Å². The number of aliphatic imine (C=N–C) groups is 1. The van der Waals surface area contributed by atoms with Gasteiger partial charge < -0.3 is 19.9 Å². The zero-order valence-electron chi connectivity index (χ0n) is 14.1. The highest BCUT2D eigenvalue weighted by Gasteiger charge is 2.18. The Hall–Kier alpha value is -0.0800. The molecule has 0 saturated carbocycles. The zero-order chi connectivity index (χ0) is 14.8. The Morgan fingerprint density at radius 1 is 1.43 bits per heavy atom. The van der Waals surface area contributed by atoms with Crippen molar-refractivity contribution < 1.29 is 4.74 Å². The van der Waals surface area contributed by atoms with Gasteiger partial charge in [0, 0.05) is 39.8 Å². The molecule has 0 radical (unpaired) electrons. The molecule has 5 nitrogen and oxygen atoms in total. The second-order valence-electron chi connectivity index (χ2n) is 5.73. The van der Waals surface area contributed by atoms with Crippen LogP contribution in [0.15, 0.2) is 4.99 Å². The number of likely N-dealkylation sites (N-methyl/N-ethyl adjacent to an activating group) is 1. The molecule has 0 spiro atoms. The predicted octanol–water partition coefficient (Wildman–Crippen LogP) is 1.88. The van der Waals surface area contributed by atoms with Gasteiger partial charge in [-0.05, 0) is 32.7 Å². The number of piperidine rings is 1. The van der Waals surface area contributed by atoms with Crippen LogP contribution in [0.1, 0.15) is 26.7 Å². The summed E-state index contributed by atoms with van der Waals surface area (Å²) in [5.41, 5.74) is 0. The van der Waals surface area contributed by atoms with Gasteiger partial charge in [0.05, 0.1) is 13.2 Å². The molecule has 0 amide bonds. The molecule has 0 aromatic carbocycles. The van der Waals surface area contributed by atoms with Crippen molar-refractivity contribution >= 4 is 29.9 Å². The molecular formula is C15H33IN4O. The minimum atomic E-state index is 0. The number of nitrogens with one attached hydrogen (secondary N) is 1. The lowest BCUT2D eigenvalue weighted by atomic mass is 10.0. The summed E-state index contributed by atoms with van der Waals surface area (Å²) in [6.07, 6.45) is 2.62. The number of ether oxygens (including phenoxy) is 1. The Morgan fingerprint density at radius 2 is 2.19 bits per heavy atom. The minimum Gasteiger partial charge on any atom is -0.383 e. The highest BCUT2D eigenvalue weighted by molar-refractivity contribution is 14.0. The van der Waals surface area contributed by atoms with Gasteiger partial charge in [0.25, 0.3) is 0 Å². The van der Waals surface area contributed by atoms with Crippen LogP contribution in [0.2, 0.25) is 0 Å². The van der Waals surface area contributed by atoms with Crippen LogP contribution in [0.5, 0.6) is 0 Å². The van der Waals surface area contributed by atoms with E-state index in [4.69, 9.17) is 9.73 Å². The highest BCUT2D eigenvalue weighted by atomic mass is 127. The van der Waals surface area contributed by atoms with E-state index < -0.39 is 0 Å². The monoisotopic (exact) mass is 412 g/mol. The first-order valence-electron chi connectivity index (χ1n) is 7.88. The molecule has 1 aliphatic rings. The number of methoxy groups -OCH3 is 1. The van der Waals surface area contributed by atoms with Crippen LogP contribution in [0.3, 0.4) is 0 Å². The number of halogens is 1. The Kier molecular flexibility index (Phi) is 12.4. The van der Waals surface area contributed by atoms with Crippen molar-refractivity contribution in [2.45, 2.75) is 26.7 Å². The van der Waals surface area contributed by atoms with E-state index in [-0.39, 0.29) is 24.0 Å². The Labute approximate surface area is 147 Å². The summed E-state index contributed by atoms with van der Waals surface area (Å²) in [4.78, 5) is 9.44. The van der Waals surface area contributed by atoms with E-state index >= 15 is 0 Å². The smallest absolute Gasteiger partial charge is 0.193 e. The van der Waals surface area contributed by atoms with Crippen LogP contribution in [0, 0.1) is 5.92 Å². The zero-order valence-corrected chi connectivity index (χ0v) is 16.4. The van der Waals surface area contributed by atoms with Gasteiger partial charge in [-0.1, -0.05) is 6.92 Å². The summed E-state index contributed by atoms with van der Waals surface area (Å²) in [7, 11) is 3.86. The SMILES string of the molecule is CCNC(=NCCN(C)CCOC)N1CCCC(C)C1.I. The summed E-state index contributed by atoms with van der Waals surface area (Å²) in [6.45, 7) is 11.2. The van der Waals surface area contributed by atoms with Gasteiger partial charge >= 0.3 is 0 Å². The van der Waals surface area contributed by atoms with E-state index in [0.29, 0.717) is 0 Å². The topological polar surface area (TPSA) is 40.1 Å². The van der Waals surface area contributed by atoms with Crippen LogP contribution in [-0.2, 0) is 4.74 Å². The lowest BCUT2D eigenvalue weighted by molar-refractivity contribution is 0.162. The third kappa shape index (κ3) is 8.83. The maximum Gasteiger partial charge on any atom is 0.193 e. The first-order chi connectivity index (χ1) is 9.67. The molecule has 126 valence electrons. The van der Waals surface area contributed by atoms with Crippen molar-refractivity contribution in [1.29, 1.82) is 0 Å². The molecule has 0 bridgehead atoms. The van der Waals surface area contributed by atoms with Gasteiger partial charge in [-0.25, -0.2) is 0 Å². The maximum absolute atomic E-state index is 5.09. The van der Waals surface area contributed by atoms with Crippen molar-refractivity contribution in [2.24, 2.45) is 10.9 Å². The number of hydrogen-bond acceptors (Lipinski definition) is 3. The fourth-order valence-electron chi connectivity index (χ4n) is 2.49. The molecule has 1 rings (SSSR count). The number of hydrogen-bond donors (Lipinski definition) is 1. The van der Waals surface area contributed by atoms with Crippen molar-refractivity contribution in [1.82, 2.24) is 15.1 Å². The fourth-order valence-corrected chi connectivity index (χ4v) is 2.49. The predicted molar refractivity (Wildman–Crippen MR) is 101 cm³/mol. The van der Waals surface area contributed by atoms with E-state index in [1.807, 2.05) is 0 Å². The van der Waals surface area contributed by atoms with E-state index in [2.05, 4.69) is 36.0 Å². The quantitative estimate of drug-likeness (QED) is 0.394. The van der Waals surface area contributed by atoms with Crippen molar-refractivity contribution in [3.63, 3.8) is 0 Å². The summed E-state index contributed by atoms with van der Waals surface area (Å²) in [5.74, 6) is 1.86. The van der Waals surface area contributed by atoms with Gasteiger partial charge in [-0.2, -0.15) is 0 Å². The fraction of sp³-hybridized carbons (Fsp3) is 0.933. The standard InChI is InChI=1S/C15H32N4O.HI/c1-5-16-15(19-9-6-7-14(2)13-19)17-8-10-18(3)11-12-20-4;/h14H,5-13H2,1-4H3,(H,16,17);1H. The maximum atomic E-state index is 5.09. The number of guanidine groups is 1. The van der Waals surface area contributed by atoms with Gasteiger partial charge in [-0.15, -0.1) is 24.0 Å². The third-order valence-electron chi connectivity index (χ3n) is 3.71. The molecular weight excluding hydrogens is 379 g/mol. The number of rotatable bonds is 7. The third-order valence-corrected chi connectivity index (χ3v) is 3.71. The summed E-state index contributed by atoms with van der Waals surface area (Å²) in [5, 5.41) is 3.42. The number of likely N-dealkylation sites (tertiary alicyclic amines) is 1. The first-order valence-corrected chi connectivity index (χ1v) is 7.88. The van der Waals surface area contributed by atoms with E-state index in [0.717, 1.165) is 57.8 Å². The van der Waals surface area contributed by atoms with Gasteiger partial charge in [0.2, 0.25) is 0 Å². The van der Waals surface area contributed by atoms with Crippen molar-refractivity contribution in [3.05, 3.63) is 0 Å². The van der Waals surface area contributed by atoms with Crippen LogP contribution >= 0.6 is 24.0 Å². The number of nitrogens with zero attached hydrogens (tertiary/aromatic N) is 3. The second-order valence-corrected chi connectivity index (χ2v) is 5.73. The Balaban J connectivity index is 0.00000400. The minimum absolute atomic E-state index is 0. The molecule has 1 saturated heterocycles. The largest absolute Gasteiger partial charge is 0.383 e. The lowest BCUT2D eigenvalue weighted by Gasteiger charge is -2.33. The molecule has 1 aliphatic heterocycles. The molecule has 1 fully saturated rings. The second kappa shape index (κ2) is 12.5. The van der Waals surface area contributed by atoms with E-state index in [1.165, 1.54) is 12.8 Å². The van der Waals surface area contributed by atoms with Gasteiger partial charge in [-0.3, -0.25) is 4.99 Å². The normalized spacial score (nSPS) is 19.6. The summed E-state index contributed by atoms with van der Waals surface area (Å²) >= 11 is 0. The van der Waals surface area contributed by atoms with Crippen LogP contribution < -0.4 is 5.32 Å². The molecule has 0 aromatic rings. The van der Waals surface area contributed by atoms with E-state index in [1.54, 1.807) is 7.11 Å². The molecule has 1 heterocycles. The molecule has 6 heteroatoms. The molecule has 0 aromatic heterocycles. The Bertz CT molecular complexity index is 289. The highest BCUT2D eigenvalue weighted by Crippen LogP contribution is 2.15. The van der Waals surface area contributed by atoms with E-state index in [9.17, 15) is 0 Å². The average molecular weight is 412 g/mol. The van der Waals surface area contributed by atoms with Crippen LogP contribution in [-0.4, -0.2) is 75.8 Å². The summed E-state index contributed by atoms with van der Waals surface area (Å²) in [6, 6.07) is 0. The van der Waals surface area contributed by atoms with Gasteiger partial charge in [0.15, 0.2) is 5.96 Å².